The smallest absolute Gasteiger partial charge is 0.231 e. The number of carbonyl (C=O) groups excluding carboxylic acids is 1. The first-order chi connectivity index (χ1) is 12.6. The number of benzene rings is 2. The molecule has 138 valence electrons. The molecule has 2 aromatic rings. The summed E-state index contributed by atoms with van der Waals surface area (Å²) in [5.74, 6) is -0.235. The summed E-state index contributed by atoms with van der Waals surface area (Å²) in [5.41, 5.74) is 7.39. The molecule has 6 heteroatoms. The van der Waals surface area contributed by atoms with Gasteiger partial charge in [-0.1, -0.05) is 48.5 Å². The lowest BCUT2D eigenvalue weighted by molar-refractivity contribution is -0.119. The average Bonchev–Trinajstić information content (AvgIpc) is 2.65. The monoisotopic (exact) mass is 370 g/mol. The number of nitrogens with zero attached hydrogens (tertiary/aromatic N) is 2. The maximum atomic E-state index is 10.8. The maximum Gasteiger partial charge on any atom is 0.231 e. The van der Waals surface area contributed by atoms with Crippen molar-refractivity contribution in [2.75, 3.05) is 32.7 Å². The maximum absolute atomic E-state index is 10.8. The number of carbonyl (C=O) groups is 1. The van der Waals surface area contributed by atoms with E-state index in [2.05, 4.69) is 46.7 Å². The minimum atomic E-state index is -0.235. The molecule has 0 aliphatic carbocycles. The molecule has 1 fully saturated rings. The average molecular weight is 371 g/mol. The zero-order valence-electron chi connectivity index (χ0n) is 14.8. The molecule has 1 saturated heterocycles. The number of rotatable bonds is 5. The number of hydrogen-bond donors (Lipinski definition) is 3. The fourth-order valence-electron chi connectivity index (χ4n) is 2.78. The van der Waals surface area contributed by atoms with E-state index >= 15 is 0 Å². The molecule has 1 aliphatic heterocycles. The van der Waals surface area contributed by atoms with Gasteiger partial charge >= 0.3 is 0 Å². The van der Waals surface area contributed by atoms with Crippen molar-refractivity contribution < 1.29 is 4.79 Å². The van der Waals surface area contributed by atoms with E-state index in [-0.39, 0.29) is 5.91 Å². The summed E-state index contributed by atoms with van der Waals surface area (Å²) in [4.78, 5) is 16.2. The molecular formula is C20H26N4OS. The highest BCUT2D eigenvalue weighted by molar-refractivity contribution is 7.80. The van der Waals surface area contributed by atoms with Gasteiger partial charge in [0.2, 0.25) is 5.91 Å². The lowest BCUT2D eigenvalue weighted by Crippen LogP contribution is -2.48. The van der Waals surface area contributed by atoms with E-state index in [0.29, 0.717) is 6.54 Å². The molecule has 1 amide bonds. The van der Waals surface area contributed by atoms with Crippen molar-refractivity contribution in [3.8, 4) is 0 Å². The summed E-state index contributed by atoms with van der Waals surface area (Å²) in [7, 11) is 0. The molecule has 3 rings (SSSR count). The van der Waals surface area contributed by atoms with Crippen LogP contribution in [0.4, 0.5) is 0 Å². The lowest BCUT2D eigenvalue weighted by Gasteiger charge is -2.33. The Morgan fingerprint density at radius 1 is 1.00 bits per heavy atom. The highest BCUT2D eigenvalue weighted by atomic mass is 32.1. The van der Waals surface area contributed by atoms with Gasteiger partial charge in [-0.15, -0.1) is 12.6 Å². The first-order valence-corrected chi connectivity index (χ1v) is 9.08. The second-order valence-corrected chi connectivity index (χ2v) is 6.69. The third kappa shape index (κ3) is 7.00. The summed E-state index contributed by atoms with van der Waals surface area (Å²) in [5, 5.41) is 6.91. The van der Waals surface area contributed by atoms with Gasteiger partial charge in [-0.3, -0.25) is 14.6 Å². The lowest BCUT2D eigenvalue weighted by atomic mass is 10.2. The Labute approximate surface area is 160 Å². The molecule has 1 aliphatic rings. The molecule has 0 radical (unpaired) electrons. The summed E-state index contributed by atoms with van der Waals surface area (Å²) in [6, 6.07) is 18.0. The number of amides is 1. The minimum Gasteiger partial charge on any atom is -0.369 e. The quantitative estimate of drug-likeness (QED) is 0.558. The predicted octanol–water partition coefficient (Wildman–Crippen LogP) is 2.26. The zero-order chi connectivity index (χ0) is 18.8. The standard InChI is InChI=1S/C13H19N3O.C7H7NS/c14-13(17)11-16-8-6-15(7-9-16)10-12-4-2-1-3-5-12;8-5-6-3-1-2-4-7(6)9/h1-5H,6-11H2,(H2,14,17);1-5,8-9H. The molecule has 26 heavy (non-hydrogen) atoms. The van der Waals surface area contributed by atoms with Gasteiger partial charge in [0, 0.05) is 49.4 Å². The Kier molecular flexibility index (Phi) is 8.34. The van der Waals surface area contributed by atoms with Crippen molar-refractivity contribution in [3.05, 3.63) is 65.7 Å². The molecule has 0 spiro atoms. The normalized spacial score (nSPS) is 15.0. The number of nitrogens with one attached hydrogen (secondary N) is 1. The summed E-state index contributed by atoms with van der Waals surface area (Å²) in [6.07, 6.45) is 1.29. The van der Waals surface area contributed by atoms with Crippen molar-refractivity contribution in [2.45, 2.75) is 11.4 Å². The van der Waals surface area contributed by atoms with E-state index in [1.165, 1.54) is 11.8 Å². The Morgan fingerprint density at radius 3 is 2.12 bits per heavy atom. The van der Waals surface area contributed by atoms with Gasteiger partial charge < -0.3 is 11.1 Å². The first kappa shape index (κ1) is 20.2. The van der Waals surface area contributed by atoms with Crippen LogP contribution in [0.15, 0.2) is 59.5 Å². The highest BCUT2D eigenvalue weighted by Crippen LogP contribution is 2.09. The number of piperazine rings is 1. The van der Waals surface area contributed by atoms with E-state index in [0.717, 1.165) is 43.2 Å². The molecular weight excluding hydrogens is 344 g/mol. The molecule has 0 bridgehead atoms. The molecule has 0 unspecified atom stereocenters. The van der Waals surface area contributed by atoms with Crippen LogP contribution in [0.3, 0.4) is 0 Å². The molecule has 5 nitrogen and oxygen atoms in total. The van der Waals surface area contributed by atoms with Crippen LogP contribution in [0.5, 0.6) is 0 Å². The molecule has 0 aromatic heterocycles. The van der Waals surface area contributed by atoms with Gasteiger partial charge in [0.25, 0.3) is 0 Å². The van der Waals surface area contributed by atoms with Crippen LogP contribution in [-0.2, 0) is 11.3 Å². The molecule has 0 saturated carbocycles. The zero-order valence-corrected chi connectivity index (χ0v) is 15.7. The largest absolute Gasteiger partial charge is 0.369 e. The predicted molar refractivity (Wildman–Crippen MR) is 109 cm³/mol. The third-order valence-corrected chi connectivity index (χ3v) is 4.59. The number of thiol groups is 1. The van der Waals surface area contributed by atoms with Crippen LogP contribution in [0.1, 0.15) is 11.1 Å². The van der Waals surface area contributed by atoms with Crippen LogP contribution in [0, 0.1) is 5.41 Å². The fraction of sp³-hybridized carbons (Fsp3) is 0.300. The van der Waals surface area contributed by atoms with Crippen LogP contribution in [0.2, 0.25) is 0 Å². The highest BCUT2D eigenvalue weighted by Gasteiger charge is 2.17. The van der Waals surface area contributed by atoms with Gasteiger partial charge in [0.15, 0.2) is 0 Å². The Balaban J connectivity index is 0.000000228. The van der Waals surface area contributed by atoms with Crippen molar-refractivity contribution in [2.24, 2.45) is 5.73 Å². The summed E-state index contributed by atoms with van der Waals surface area (Å²) >= 11 is 4.13. The Bertz CT molecular complexity index is 700. The molecule has 2 aromatic carbocycles. The van der Waals surface area contributed by atoms with Gasteiger partial charge in [0.1, 0.15) is 0 Å². The minimum absolute atomic E-state index is 0.235. The van der Waals surface area contributed by atoms with Crippen molar-refractivity contribution in [1.82, 2.24) is 9.80 Å². The van der Waals surface area contributed by atoms with Crippen LogP contribution in [-0.4, -0.2) is 54.6 Å². The summed E-state index contributed by atoms with van der Waals surface area (Å²) < 4.78 is 0. The third-order valence-electron chi connectivity index (χ3n) is 4.19. The van der Waals surface area contributed by atoms with Crippen molar-refractivity contribution in [3.63, 3.8) is 0 Å². The molecule has 3 N–H and O–H groups in total. The number of nitrogens with two attached hydrogens (primary N) is 1. The number of hydrogen-bond acceptors (Lipinski definition) is 5. The van der Waals surface area contributed by atoms with E-state index < -0.39 is 0 Å². The Morgan fingerprint density at radius 2 is 1.58 bits per heavy atom. The van der Waals surface area contributed by atoms with Crippen LogP contribution in [0.25, 0.3) is 0 Å². The van der Waals surface area contributed by atoms with Crippen LogP contribution >= 0.6 is 12.6 Å². The van der Waals surface area contributed by atoms with Gasteiger partial charge in [-0.2, -0.15) is 0 Å². The van der Waals surface area contributed by atoms with Gasteiger partial charge in [-0.05, 0) is 11.6 Å². The Hall–Kier alpha value is -2.15. The molecule has 0 atom stereocenters. The molecule has 1 heterocycles. The topological polar surface area (TPSA) is 73.4 Å². The second-order valence-electron chi connectivity index (χ2n) is 6.21. The van der Waals surface area contributed by atoms with Crippen LogP contribution < -0.4 is 5.73 Å². The fourth-order valence-corrected chi connectivity index (χ4v) is 3.00. The number of primary amides is 1. The van der Waals surface area contributed by atoms with E-state index in [1.54, 1.807) is 0 Å². The van der Waals surface area contributed by atoms with Crippen molar-refractivity contribution >= 4 is 24.8 Å². The van der Waals surface area contributed by atoms with E-state index in [4.69, 9.17) is 11.1 Å². The van der Waals surface area contributed by atoms with Gasteiger partial charge in [-0.25, -0.2) is 0 Å². The second kappa shape index (κ2) is 10.8. The van der Waals surface area contributed by atoms with Gasteiger partial charge in [0.05, 0.1) is 6.54 Å². The van der Waals surface area contributed by atoms with E-state index in [9.17, 15) is 4.79 Å². The summed E-state index contributed by atoms with van der Waals surface area (Å²) in [6.45, 7) is 5.24. The van der Waals surface area contributed by atoms with E-state index in [1.807, 2.05) is 30.3 Å². The first-order valence-electron chi connectivity index (χ1n) is 8.64. The van der Waals surface area contributed by atoms with Crippen molar-refractivity contribution in [1.29, 1.82) is 5.41 Å². The SMILES string of the molecule is N=Cc1ccccc1S.NC(=O)CN1CCN(Cc2ccccc2)CC1.